The van der Waals surface area contributed by atoms with Gasteiger partial charge in [-0.15, -0.1) is 0 Å². The maximum Gasteiger partial charge on any atom is 0.264 e. The number of halogens is 1. The van der Waals surface area contributed by atoms with Gasteiger partial charge in [0.1, 0.15) is 0 Å². The van der Waals surface area contributed by atoms with E-state index in [1.807, 2.05) is 73.6 Å². The molecule has 1 heterocycles. The number of rotatable bonds is 7. The summed E-state index contributed by atoms with van der Waals surface area (Å²) in [7, 11) is 0.0403. The molecule has 0 saturated heterocycles. The molecule has 0 aromatic heterocycles. The summed E-state index contributed by atoms with van der Waals surface area (Å²) in [4.78, 5) is 15.1. The average molecular weight is 498 g/mol. The van der Waals surface area contributed by atoms with Crippen molar-refractivity contribution in [1.29, 1.82) is 0 Å². The van der Waals surface area contributed by atoms with Crippen LogP contribution in [0.1, 0.15) is 33.9 Å². The average Bonchev–Trinajstić information content (AvgIpc) is 2.84. The molecule has 1 aliphatic rings. The Morgan fingerprint density at radius 2 is 1.76 bits per heavy atom. The third kappa shape index (κ3) is 4.97. The van der Waals surface area contributed by atoms with E-state index in [1.165, 1.54) is 22.5 Å². The Kier molecular flexibility index (Phi) is 7.26. The third-order valence-electron chi connectivity index (χ3n) is 6.10. The second-order valence-electron chi connectivity index (χ2n) is 8.55. The van der Waals surface area contributed by atoms with Gasteiger partial charge in [-0.25, -0.2) is 8.42 Å². The fourth-order valence-electron chi connectivity index (χ4n) is 4.27. The predicted molar refractivity (Wildman–Crippen MR) is 136 cm³/mol. The van der Waals surface area contributed by atoms with Gasteiger partial charge < -0.3 is 10.2 Å². The van der Waals surface area contributed by atoms with E-state index in [0.29, 0.717) is 18.8 Å². The molecule has 1 N–H and O–H groups in total. The van der Waals surface area contributed by atoms with E-state index in [9.17, 15) is 13.2 Å². The molecule has 0 spiro atoms. The lowest BCUT2D eigenvalue weighted by atomic mass is 10.0. The molecule has 34 heavy (non-hydrogen) atoms. The van der Waals surface area contributed by atoms with Crippen molar-refractivity contribution in [2.45, 2.75) is 23.8 Å². The molecular weight excluding hydrogens is 470 g/mol. The first kappa shape index (κ1) is 24.3. The zero-order chi connectivity index (χ0) is 24.3. The van der Waals surface area contributed by atoms with Gasteiger partial charge in [-0.1, -0.05) is 60.1 Å². The van der Waals surface area contributed by atoms with Gasteiger partial charge >= 0.3 is 0 Å². The SMILES string of the molecule is CN(C)C(CNC(=O)c1cc(S(=O)(=O)N2CCCc3ccccc32)ccc1Cl)c1ccccc1. The zero-order valence-corrected chi connectivity index (χ0v) is 20.8. The molecule has 0 radical (unpaired) electrons. The first-order chi connectivity index (χ1) is 16.3. The molecule has 0 bridgehead atoms. The first-order valence-corrected chi connectivity index (χ1v) is 13.0. The maximum absolute atomic E-state index is 13.5. The topological polar surface area (TPSA) is 69.7 Å². The van der Waals surface area contributed by atoms with Gasteiger partial charge in [0.05, 0.1) is 27.2 Å². The number of nitrogens with one attached hydrogen (secondary N) is 1. The Bertz CT molecular complexity index is 1280. The van der Waals surface area contributed by atoms with Crippen molar-refractivity contribution >= 4 is 33.2 Å². The van der Waals surface area contributed by atoms with E-state index in [-0.39, 0.29) is 21.5 Å². The number of sulfonamides is 1. The minimum absolute atomic E-state index is 0.0410. The summed E-state index contributed by atoms with van der Waals surface area (Å²) in [6.45, 7) is 0.744. The molecular formula is C26H28ClN3O3S. The highest BCUT2D eigenvalue weighted by molar-refractivity contribution is 7.92. The highest BCUT2D eigenvalue weighted by Gasteiger charge is 2.30. The van der Waals surface area contributed by atoms with Gasteiger partial charge in [0.15, 0.2) is 0 Å². The van der Waals surface area contributed by atoms with Crippen molar-refractivity contribution in [2.75, 3.05) is 31.5 Å². The lowest BCUT2D eigenvalue weighted by Crippen LogP contribution is -2.36. The number of hydrogen-bond donors (Lipinski definition) is 1. The van der Waals surface area contributed by atoms with E-state index in [4.69, 9.17) is 11.6 Å². The fourth-order valence-corrected chi connectivity index (χ4v) is 6.04. The smallest absolute Gasteiger partial charge is 0.264 e. The van der Waals surface area contributed by atoms with Crippen molar-refractivity contribution in [3.05, 3.63) is 94.5 Å². The summed E-state index contributed by atoms with van der Waals surface area (Å²) in [5.41, 5.74) is 2.89. The van der Waals surface area contributed by atoms with Crippen molar-refractivity contribution in [2.24, 2.45) is 0 Å². The van der Waals surface area contributed by atoms with Gasteiger partial charge in [0, 0.05) is 13.1 Å². The predicted octanol–water partition coefficient (Wildman–Crippen LogP) is 4.51. The lowest BCUT2D eigenvalue weighted by Gasteiger charge is -2.30. The van der Waals surface area contributed by atoms with E-state index in [2.05, 4.69) is 5.32 Å². The molecule has 1 amide bonds. The van der Waals surface area contributed by atoms with Gasteiger partial charge in [-0.05, 0) is 62.3 Å². The Morgan fingerprint density at radius 3 is 2.50 bits per heavy atom. The van der Waals surface area contributed by atoms with Crippen LogP contribution in [0.5, 0.6) is 0 Å². The summed E-state index contributed by atoms with van der Waals surface area (Å²) >= 11 is 6.32. The van der Waals surface area contributed by atoms with Crippen LogP contribution in [0.25, 0.3) is 0 Å². The summed E-state index contributed by atoms with van der Waals surface area (Å²) in [5, 5.41) is 3.13. The molecule has 1 unspecified atom stereocenters. The summed E-state index contributed by atoms with van der Waals surface area (Å²) in [6, 6.07) is 21.6. The van der Waals surface area contributed by atoms with E-state index in [0.717, 1.165) is 24.0 Å². The molecule has 0 fully saturated rings. The Morgan fingerprint density at radius 1 is 1.06 bits per heavy atom. The van der Waals surface area contributed by atoms with Gasteiger partial charge in [-0.2, -0.15) is 0 Å². The molecule has 3 aromatic carbocycles. The Balaban J connectivity index is 1.58. The van der Waals surface area contributed by atoms with Crippen LogP contribution in [0.4, 0.5) is 5.69 Å². The molecule has 4 rings (SSSR count). The van der Waals surface area contributed by atoms with Crippen molar-refractivity contribution in [3.8, 4) is 0 Å². The van der Waals surface area contributed by atoms with Crippen LogP contribution in [0.2, 0.25) is 5.02 Å². The van der Waals surface area contributed by atoms with Gasteiger partial charge in [0.2, 0.25) is 0 Å². The van der Waals surface area contributed by atoms with Crippen LogP contribution in [0.15, 0.2) is 77.7 Å². The summed E-state index contributed by atoms with van der Waals surface area (Å²) < 4.78 is 28.5. The number of benzene rings is 3. The number of anilines is 1. The number of hydrogen-bond acceptors (Lipinski definition) is 4. The second-order valence-corrected chi connectivity index (χ2v) is 10.8. The largest absolute Gasteiger partial charge is 0.350 e. The number of fused-ring (bicyclic) bond motifs is 1. The number of amides is 1. The van der Waals surface area contributed by atoms with Crippen LogP contribution < -0.4 is 9.62 Å². The molecule has 6 nitrogen and oxygen atoms in total. The first-order valence-electron chi connectivity index (χ1n) is 11.2. The fraction of sp³-hybridized carbons (Fsp3) is 0.269. The van der Waals surface area contributed by atoms with Crippen LogP contribution in [0, 0.1) is 0 Å². The lowest BCUT2D eigenvalue weighted by molar-refractivity contribution is 0.0942. The minimum atomic E-state index is -3.85. The van der Waals surface area contributed by atoms with E-state index in [1.54, 1.807) is 0 Å². The Labute approximate surface area is 206 Å². The maximum atomic E-state index is 13.5. The Hall–Kier alpha value is -2.87. The van der Waals surface area contributed by atoms with E-state index < -0.39 is 15.9 Å². The highest BCUT2D eigenvalue weighted by atomic mass is 35.5. The molecule has 0 aliphatic carbocycles. The van der Waals surface area contributed by atoms with Crippen LogP contribution >= 0.6 is 11.6 Å². The van der Waals surface area contributed by atoms with E-state index >= 15 is 0 Å². The molecule has 178 valence electrons. The number of para-hydroxylation sites is 1. The van der Waals surface area contributed by atoms with Crippen LogP contribution in [-0.4, -0.2) is 46.4 Å². The van der Waals surface area contributed by atoms with Crippen molar-refractivity contribution in [3.63, 3.8) is 0 Å². The summed E-state index contributed by atoms with van der Waals surface area (Å²) in [5.74, 6) is -0.413. The van der Waals surface area contributed by atoms with Crippen molar-refractivity contribution in [1.82, 2.24) is 10.2 Å². The van der Waals surface area contributed by atoms with Crippen LogP contribution in [-0.2, 0) is 16.4 Å². The van der Waals surface area contributed by atoms with Gasteiger partial charge in [0.25, 0.3) is 15.9 Å². The molecule has 3 aromatic rings. The second kappa shape index (κ2) is 10.2. The van der Waals surface area contributed by atoms with Crippen molar-refractivity contribution < 1.29 is 13.2 Å². The summed E-state index contributed by atoms with van der Waals surface area (Å²) in [6.07, 6.45) is 1.58. The zero-order valence-electron chi connectivity index (χ0n) is 19.2. The standard InChI is InChI=1S/C26H28ClN3O3S/c1-29(2)25(20-9-4-3-5-10-20)18-28-26(31)22-17-21(14-15-23(22)27)34(32,33)30-16-8-12-19-11-6-7-13-24(19)30/h3-7,9-11,13-15,17,25H,8,12,16,18H2,1-2H3,(H,28,31). The van der Waals surface area contributed by atoms with Crippen LogP contribution in [0.3, 0.4) is 0 Å². The minimum Gasteiger partial charge on any atom is -0.350 e. The number of carbonyl (C=O) groups excluding carboxylic acids is 1. The number of nitrogens with zero attached hydrogens (tertiary/aromatic N) is 2. The number of carbonyl (C=O) groups is 1. The third-order valence-corrected chi connectivity index (χ3v) is 8.24. The molecule has 8 heteroatoms. The quantitative estimate of drug-likeness (QED) is 0.521. The number of aryl methyl sites for hydroxylation is 1. The normalized spacial score (nSPS) is 14.5. The highest BCUT2D eigenvalue weighted by Crippen LogP contribution is 2.33. The van der Waals surface area contributed by atoms with Gasteiger partial charge in [-0.3, -0.25) is 9.10 Å². The molecule has 1 atom stereocenters. The molecule has 1 aliphatic heterocycles. The molecule has 0 saturated carbocycles. The number of likely N-dealkylation sites (N-methyl/N-ethyl adjacent to an activating group) is 1. The monoisotopic (exact) mass is 497 g/mol.